The molecule has 0 aliphatic carbocycles. The predicted molar refractivity (Wildman–Crippen MR) is 76.4 cm³/mol. The van der Waals surface area contributed by atoms with Crippen LogP contribution in [0.25, 0.3) is 10.6 Å². The zero-order valence-electron chi connectivity index (χ0n) is 10.8. The summed E-state index contributed by atoms with van der Waals surface area (Å²) >= 11 is 1.61. The number of rotatable bonds is 6. The topological polar surface area (TPSA) is 51.2 Å². The molecule has 2 aromatic heterocycles. The van der Waals surface area contributed by atoms with Crippen LogP contribution in [0.15, 0.2) is 35.8 Å². The average molecular weight is 276 g/mol. The first-order valence-corrected chi connectivity index (χ1v) is 6.96. The molecular formula is C14H16N2O2S. The summed E-state index contributed by atoms with van der Waals surface area (Å²) in [6, 6.07) is 7.51. The maximum Gasteiger partial charge on any atom is 0.251 e. The highest BCUT2D eigenvalue weighted by molar-refractivity contribution is 7.13. The molecule has 0 unspecified atom stereocenters. The first kappa shape index (κ1) is 13.7. The fraction of sp³-hybridized carbons (Fsp3) is 0.286. The first-order valence-electron chi connectivity index (χ1n) is 6.08. The van der Waals surface area contributed by atoms with Crippen LogP contribution in [0.3, 0.4) is 0 Å². The van der Waals surface area contributed by atoms with Crippen molar-refractivity contribution >= 4 is 17.2 Å². The van der Waals surface area contributed by atoms with Gasteiger partial charge in [0.25, 0.3) is 5.91 Å². The van der Waals surface area contributed by atoms with Gasteiger partial charge in [0.15, 0.2) is 0 Å². The molecule has 4 nitrogen and oxygen atoms in total. The van der Waals surface area contributed by atoms with Gasteiger partial charge in [-0.25, -0.2) is 0 Å². The van der Waals surface area contributed by atoms with E-state index < -0.39 is 0 Å². The molecule has 0 spiro atoms. The number of carbonyl (C=O) groups is 1. The summed E-state index contributed by atoms with van der Waals surface area (Å²) in [7, 11) is 1.65. The van der Waals surface area contributed by atoms with E-state index in [9.17, 15) is 4.79 Å². The van der Waals surface area contributed by atoms with E-state index in [2.05, 4.69) is 10.3 Å². The van der Waals surface area contributed by atoms with Crippen molar-refractivity contribution in [2.45, 2.75) is 6.42 Å². The number of ether oxygens (including phenoxy) is 1. The fourth-order valence-electron chi connectivity index (χ4n) is 1.65. The number of nitrogens with one attached hydrogen (secondary N) is 1. The average Bonchev–Trinajstić information content (AvgIpc) is 2.98. The zero-order valence-corrected chi connectivity index (χ0v) is 11.6. The van der Waals surface area contributed by atoms with Gasteiger partial charge in [-0.15, -0.1) is 11.3 Å². The molecule has 0 radical (unpaired) electrons. The van der Waals surface area contributed by atoms with Crippen LogP contribution in [0.1, 0.15) is 16.8 Å². The lowest BCUT2D eigenvalue weighted by atomic mass is 10.2. The van der Waals surface area contributed by atoms with Crippen LogP contribution < -0.4 is 5.32 Å². The molecule has 0 fully saturated rings. The second kappa shape index (κ2) is 7.01. The van der Waals surface area contributed by atoms with Gasteiger partial charge in [-0.05, 0) is 30.0 Å². The molecule has 5 heteroatoms. The van der Waals surface area contributed by atoms with Crippen LogP contribution >= 0.6 is 11.3 Å². The van der Waals surface area contributed by atoms with Crippen molar-refractivity contribution in [3.63, 3.8) is 0 Å². The van der Waals surface area contributed by atoms with Gasteiger partial charge < -0.3 is 10.1 Å². The number of methoxy groups -OCH3 is 1. The molecule has 0 aromatic carbocycles. The molecular weight excluding hydrogens is 260 g/mol. The summed E-state index contributed by atoms with van der Waals surface area (Å²) in [5.74, 6) is -0.0729. The largest absolute Gasteiger partial charge is 0.385 e. The summed E-state index contributed by atoms with van der Waals surface area (Å²) in [6.45, 7) is 1.26. The van der Waals surface area contributed by atoms with Crippen LogP contribution in [0, 0.1) is 0 Å². The van der Waals surface area contributed by atoms with Crippen molar-refractivity contribution in [2.75, 3.05) is 20.3 Å². The normalized spacial score (nSPS) is 10.4. The minimum Gasteiger partial charge on any atom is -0.385 e. The van der Waals surface area contributed by atoms with Crippen LogP contribution in [0.4, 0.5) is 0 Å². The monoisotopic (exact) mass is 276 g/mol. The van der Waals surface area contributed by atoms with Gasteiger partial charge in [0, 0.05) is 32.0 Å². The molecule has 1 amide bonds. The van der Waals surface area contributed by atoms with E-state index in [1.807, 2.05) is 23.6 Å². The molecule has 0 saturated carbocycles. The third-order valence-corrected chi connectivity index (χ3v) is 3.50. The summed E-state index contributed by atoms with van der Waals surface area (Å²) in [5, 5.41) is 4.86. The van der Waals surface area contributed by atoms with Gasteiger partial charge in [-0.1, -0.05) is 6.07 Å². The van der Waals surface area contributed by atoms with E-state index in [0.717, 1.165) is 17.0 Å². The highest BCUT2D eigenvalue weighted by Crippen LogP contribution is 2.22. The van der Waals surface area contributed by atoms with Crippen LogP contribution in [-0.2, 0) is 4.74 Å². The number of carbonyl (C=O) groups excluding carboxylic acids is 1. The standard InChI is InChI=1S/C14H16N2O2S/c1-18-8-3-6-16-14(17)11-5-7-15-12(10-11)13-4-2-9-19-13/h2,4-5,7,9-10H,3,6,8H2,1H3,(H,16,17). The lowest BCUT2D eigenvalue weighted by Crippen LogP contribution is -2.25. The van der Waals surface area contributed by atoms with Crippen molar-refractivity contribution in [1.29, 1.82) is 0 Å². The maximum absolute atomic E-state index is 12.0. The number of hydrogen-bond donors (Lipinski definition) is 1. The molecule has 0 bridgehead atoms. The predicted octanol–water partition coefficient (Wildman–Crippen LogP) is 2.58. The van der Waals surface area contributed by atoms with E-state index >= 15 is 0 Å². The van der Waals surface area contributed by atoms with E-state index in [1.54, 1.807) is 30.7 Å². The maximum atomic E-state index is 12.0. The van der Waals surface area contributed by atoms with Gasteiger partial charge in [0.1, 0.15) is 0 Å². The van der Waals surface area contributed by atoms with Crippen molar-refractivity contribution in [3.8, 4) is 10.6 Å². The number of amides is 1. The van der Waals surface area contributed by atoms with Gasteiger partial charge >= 0.3 is 0 Å². The zero-order chi connectivity index (χ0) is 13.5. The number of thiophene rings is 1. The van der Waals surface area contributed by atoms with Gasteiger partial charge in [0.05, 0.1) is 10.6 Å². The summed E-state index contributed by atoms with van der Waals surface area (Å²) in [6.07, 6.45) is 2.48. The minimum absolute atomic E-state index is 0.0729. The number of aromatic nitrogens is 1. The molecule has 1 N–H and O–H groups in total. The van der Waals surface area contributed by atoms with E-state index in [4.69, 9.17) is 4.74 Å². The molecule has 0 atom stereocenters. The summed E-state index contributed by atoms with van der Waals surface area (Å²) < 4.78 is 4.94. The molecule has 2 aromatic rings. The molecule has 2 rings (SSSR count). The molecule has 0 aliphatic rings. The second-order valence-corrected chi connectivity index (χ2v) is 4.96. The van der Waals surface area contributed by atoms with Crippen LogP contribution in [-0.4, -0.2) is 31.2 Å². The Balaban J connectivity index is 2.00. The molecule has 100 valence electrons. The van der Waals surface area contributed by atoms with Crippen LogP contribution in [0.5, 0.6) is 0 Å². The molecule has 19 heavy (non-hydrogen) atoms. The summed E-state index contributed by atoms with van der Waals surface area (Å²) in [5.41, 5.74) is 1.47. The van der Waals surface area contributed by atoms with Gasteiger partial charge in [-0.2, -0.15) is 0 Å². The van der Waals surface area contributed by atoms with Crippen molar-refractivity contribution in [2.24, 2.45) is 0 Å². The Morgan fingerprint density at radius 3 is 3.11 bits per heavy atom. The van der Waals surface area contributed by atoms with Crippen molar-refractivity contribution in [1.82, 2.24) is 10.3 Å². The number of nitrogens with zero attached hydrogens (tertiary/aromatic N) is 1. The van der Waals surface area contributed by atoms with Crippen LogP contribution in [0.2, 0.25) is 0 Å². The van der Waals surface area contributed by atoms with E-state index in [-0.39, 0.29) is 5.91 Å². The van der Waals surface area contributed by atoms with Crippen molar-refractivity contribution < 1.29 is 9.53 Å². The Kier molecular flexibility index (Phi) is 5.06. The fourth-order valence-corrected chi connectivity index (χ4v) is 2.34. The SMILES string of the molecule is COCCCNC(=O)c1ccnc(-c2cccs2)c1. The van der Waals surface area contributed by atoms with E-state index in [1.165, 1.54) is 0 Å². The van der Waals surface area contributed by atoms with Gasteiger partial charge in [-0.3, -0.25) is 9.78 Å². The Labute approximate surface area is 116 Å². The Morgan fingerprint density at radius 1 is 1.47 bits per heavy atom. The quantitative estimate of drug-likeness (QED) is 0.825. The van der Waals surface area contributed by atoms with E-state index in [0.29, 0.717) is 18.7 Å². The highest BCUT2D eigenvalue weighted by Gasteiger charge is 2.07. The molecule has 0 saturated heterocycles. The number of pyridine rings is 1. The molecule has 2 heterocycles. The highest BCUT2D eigenvalue weighted by atomic mass is 32.1. The first-order chi connectivity index (χ1) is 9.31. The third kappa shape index (κ3) is 3.87. The second-order valence-electron chi connectivity index (χ2n) is 4.01. The van der Waals surface area contributed by atoms with Crippen molar-refractivity contribution in [3.05, 3.63) is 41.4 Å². The summed E-state index contributed by atoms with van der Waals surface area (Å²) in [4.78, 5) is 17.3. The molecule has 0 aliphatic heterocycles. The Bertz CT molecular complexity index is 526. The Hall–Kier alpha value is -1.72. The van der Waals surface area contributed by atoms with Gasteiger partial charge in [0.2, 0.25) is 0 Å². The lowest BCUT2D eigenvalue weighted by molar-refractivity contribution is 0.0948. The number of hydrogen-bond acceptors (Lipinski definition) is 4. The smallest absolute Gasteiger partial charge is 0.251 e. The third-order valence-electron chi connectivity index (χ3n) is 2.61. The lowest BCUT2D eigenvalue weighted by Gasteiger charge is -2.05. The minimum atomic E-state index is -0.0729. The Morgan fingerprint density at radius 2 is 2.37 bits per heavy atom.